The van der Waals surface area contributed by atoms with Crippen molar-refractivity contribution in [2.45, 2.75) is 12.4 Å². The normalized spacial score (nSPS) is 11.5. The van der Waals surface area contributed by atoms with Gasteiger partial charge in [0.1, 0.15) is 10.9 Å². The number of thiophene rings is 1. The van der Waals surface area contributed by atoms with E-state index in [4.69, 9.17) is 5.26 Å². The molecule has 0 unspecified atom stereocenters. The maximum absolute atomic E-state index is 12.3. The number of anilines is 2. The van der Waals surface area contributed by atoms with E-state index in [9.17, 15) is 31.1 Å². The predicted molar refractivity (Wildman–Crippen MR) is 86.8 cm³/mol. The number of aromatic nitrogens is 2. The summed E-state index contributed by atoms with van der Waals surface area (Å²) in [6.07, 6.45) is -9.47. The minimum Gasteiger partial charge on any atom is -0.468 e. The number of nitrogens with one attached hydrogen (secondary N) is 2. The number of ether oxygens (including phenoxy) is 2. The van der Waals surface area contributed by atoms with Gasteiger partial charge >= 0.3 is 18.4 Å². The number of nitriles is 1. The molecule has 0 aliphatic heterocycles. The van der Waals surface area contributed by atoms with Gasteiger partial charge in [0.25, 0.3) is 0 Å². The molecule has 0 aliphatic carbocycles. The summed E-state index contributed by atoms with van der Waals surface area (Å²) in [5.74, 6) is -2.21. The molecule has 15 heteroatoms. The summed E-state index contributed by atoms with van der Waals surface area (Å²) >= 11 is 0.927. The topological polar surface area (TPSA) is 109 Å². The van der Waals surface area contributed by atoms with Crippen LogP contribution in [0.4, 0.5) is 42.1 Å². The first-order chi connectivity index (χ1) is 13.4. The van der Waals surface area contributed by atoms with Crippen molar-refractivity contribution < 1.29 is 40.6 Å². The summed E-state index contributed by atoms with van der Waals surface area (Å²) in [4.78, 5) is 19.1. The zero-order valence-electron chi connectivity index (χ0n) is 13.9. The van der Waals surface area contributed by atoms with Gasteiger partial charge in [0.15, 0.2) is 13.2 Å². The first-order valence-electron chi connectivity index (χ1n) is 7.30. The van der Waals surface area contributed by atoms with Crippen LogP contribution in [0.15, 0.2) is 18.2 Å². The predicted octanol–water partition coefficient (Wildman–Crippen LogP) is 3.94. The monoisotopic (exact) mass is 441 g/mol. The van der Waals surface area contributed by atoms with Crippen molar-refractivity contribution in [3.63, 3.8) is 0 Å². The number of amides is 2. The van der Waals surface area contributed by atoms with E-state index in [0.717, 1.165) is 11.3 Å². The molecule has 2 aromatic rings. The second kappa shape index (κ2) is 8.82. The Balaban J connectivity index is 2.14. The van der Waals surface area contributed by atoms with Crippen LogP contribution < -0.4 is 20.1 Å². The molecule has 0 aromatic carbocycles. The molecule has 8 nitrogen and oxygen atoms in total. The summed E-state index contributed by atoms with van der Waals surface area (Å²) < 4.78 is 82.4. The molecule has 0 saturated carbocycles. The lowest BCUT2D eigenvalue weighted by atomic mass is 10.5. The maximum Gasteiger partial charge on any atom is 0.422 e. The Kier molecular flexibility index (Phi) is 6.69. The lowest BCUT2D eigenvalue weighted by Crippen LogP contribution is -2.23. The van der Waals surface area contributed by atoms with Crippen molar-refractivity contribution in [3.8, 4) is 17.8 Å². The highest BCUT2D eigenvalue weighted by atomic mass is 32.1. The van der Waals surface area contributed by atoms with Gasteiger partial charge < -0.3 is 9.47 Å². The fourth-order valence-electron chi connectivity index (χ4n) is 1.63. The lowest BCUT2D eigenvalue weighted by Gasteiger charge is -2.13. The van der Waals surface area contributed by atoms with E-state index >= 15 is 0 Å². The number of carbonyl (C=O) groups excluding carboxylic acids is 1. The quantitative estimate of drug-likeness (QED) is 0.658. The highest BCUT2D eigenvalue weighted by Crippen LogP contribution is 2.24. The number of hydrogen-bond acceptors (Lipinski definition) is 7. The van der Waals surface area contributed by atoms with Crippen LogP contribution in [-0.4, -0.2) is 41.6 Å². The molecule has 2 rings (SSSR count). The number of alkyl halides is 6. The van der Waals surface area contributed by atoms with Crippen molar-refractivity contribution in [3.05, 3.63) is 23.1 Å². The Bertz CT molecular complexity index is 872. The molecule has 0 spiro atoms. The lowest BCUT2D eigenvalue weighted by molar-refractivity contribution is -0.154. The summed E-state index contributed by atoms with van der Waals surface area (Å²) in [6, 6.07) is 4.32. The molecule has 0 aliphatic rings. The van der Waals surface area contributed by atoms with Gasteiger partial charge in [-0.1, -0.05) is 0 Å². The first kappa shape index (κ1) is 22.0. The van der Waals surface area contributed by atoms with Crippen LogP contribution in [-0.2, 0) is 0 Å². The number of nitrogens with zero attached hydrogens (tertiary/aromatic N) is 3. The van der Waals surface area contributed by atoms with Gasteiger partial charge in [0, 0.05) is 0 Å². The van der Waals surface area contributed by atoms with E-state index in [-0.39, 0.29) is 5.00 Å². The van der Waals surface area contributed by atoms with Gasteiger partial charge in [0.2, 0.25) is 17.7 Å². The Morgan fingerprint density at radius 2 is 1.59 bits per heavy atom. The van der Waals surface area contributed by atoms with Gasteiger partial charge in [0.05, 0.1) is 11.1 Å². The summed E-state index contributed by atoms with van der Waals surface area (Å²) in [6.45, 7) is -3.55. The fraction of sp³-hybridized carbons (Fsp3) is 0.286. The van der Waals surface area contributed by atoms with Crippen LogP contribution in [0.2, 0.25) is 0 Å². The van der Waals surface area contributed by atoms with Crippen LogP contribution >= 0.6 is 11.3 Å². The number of carbonyl (C=O) groups is 1. The average Bonchev–Trinajstić information content (AvgIpc) is 3.04. The zero-order chi connectivity index (χ0) is 21.7. The van der Waals surface area contributed by atoms with Crippen molar-refractivity contribution in [1.29, 1.82) is 5.26 Å². The van der Waals surface area contributed by atoms with E-state index in [1.807, 2.05) is 11.4 Å². The molecule has 2 heterocycles. The summed E-state index contributed by atoms with van der Waals surface area (Å²) in [7, 11) is 0. The molecule has 156 valence electrons. The molecule has 0 bridgehead atoms. The minimum atomic E-state index is -4.74. The van der Waals surface area contributed by atoms with Crippen molar-refractivity contribution in [2.24, 2.45) is 0 Å². The summed E-state index contributed by atoms with van der Waals surface area (Å²) in [5, 5.41) is 13.3. The average molecular weight is 441 g/mol. The van der Waals surface area contributed by atoms with Crippen LogP contribution in [0.5, 0.6) is 11.8 Å². The maximum atomic E-state index is 12.3. The molecule has 0 atom stereocenters. The van der Waals surface area contributed by atoms with E-state index in [0.29, 0.717) is 10.9 Å². The van der Waals surface area contributed by atoms with Gasteiger partial charge in [-0.3, -0.25) is 10.6 Å². The third-order valence-electron chi connectivity index (χ3n) is 2.62. The molecule has 29 heavy (non-hydrogen) atoms. The van der Waals surface area contributed by atoms with Crippen LogP contribution in [0.25, 0.3) is 0 Å². The highest BCUT2D eigenvalue weighted by Gasteiger charge is 2.30. The van der Waals surface area contributed by atoms with Crippen LogP contribution in [0.3, 0.4) is 0 Å². The third kappa shape index (κ3) is 8.09. The number of hydrogen-bond donors (Lipinski definition) is 2. The Hall–Kier alpha value is -3.28. The minimum absolute atomic E-state index is 0.247. The second-order valence-electron chi connectivity index (χ2n) is 5.03. The van der Waals surface area contributed by atoms with Crippen molar-refractivity contribution in [1.82, 2.24) is 9.97 Å². The number of rotatable bonds is 6. The van der Waals surface area contributed by atoms with E-state index in [2.05, 4.69) is 24.8 Å². The standard InChI is InChI=1S/C14H9F6N5O3S/c15-13(16,17)5-27-8-3-9(28-6-14(18,19)20)23-11(22-8)25-12(26)24-10-2-1-7(4-21)29-10/h1-3H,5-6H2,(H2,22,23,24,25,26). The molecular formula is C14H9F6N5O3S. The van der Waals surface area contributed by atoms with Crippen molar-refractivity contribution >= 4 is 28.3 Å². The molecule has 0 radical (unpaired) electrons. The first-order valence-corrected chi connectivity index (χ1v) is 8.11. The third-order valence-corrected chi connectivity index (χ3v) is 3.53. The number of urea groups is 1. The van der Waals surface area contributed by atoms with Crippen molar-refractivity contribution in [2.75, 3.05) is 23.8 Å². The molecular weight excluding hydrogens is 432 g/mol. The molecule has 0 fully saturated rings. The number of halogens is 6. The SMILES string of the molecule is N#Cc1ccc(NC(=O)Nc2nc(OCC(F)(F)F)cc(OCC(F)(F)F)n2)s1. The molecule has 2 N–H and O–H groups in total. The smallest absolute Gasteiger partial charge is 0.422 e. The van der Waals surface area contributed by atoms with Gasteiger partial charge in [-0.25, -0.2) is 4.79 Å². The van der Waals surface area contributed by atoms with Gasteiger partial charge in [-0.2, -0.15) is 41.6 Å². The molecule has 2 amide bonds. The van der Waals surface area contributed by atoms with Crippen LogP contribution in [0.1, 0.15) is 4.88 Å². The molecule has 0 saturated heterocycles. The van der Waals surface area contributed by atoms with E-state index in [1.165, 1.54) is 12.1 Å². The van der Waals surface area contributed by atoms with Gasteiger partial charge in [-0.05, 0) is 12.1 Å². The largest absolute Gasteiger partial charge is 0.468 e. The highest BCUT2D eigenvalue weighted by molar-refractivity contribution is 7.16. The zero-order valence-corrected chi connectivity index (χ0v) is 14.7. The Labute approximate surface area is 162 Å². The molecule has 2 aromatic heterocycles. The Morgan fingerprint density at radius 3 is 2.03 bits per heavy atom. The Morgan fingerprint density at radius 1 is 1.03 bits per heavy atom. The van der Waals surface area contributed by atoms with Crippen LogP contribution in [0, 0.1) is 11.3 Å². The fourth-order valence-corrected chi connectivity index (χ4v) is 2.33. The van der Waals surface area contributed by atoms with Gasteiger partial charge in [-0.15, -0.1) is 11.3 Å². The second-order valence-corrected chi connectivity index (χ2v) is 6.11. The van der Waals surface area contributed by atoms with E-state index < -0.39 is 49.3 Å². The van der Waals surface area contributed by atoms with E-state index in [1.54, 1.807) is 0 Å². The summed E-state index contributed by atoms with van der Waals surface area (Å²) in [5.41, 5.74) is 0.